The van der Waals surface area contributed by atoms with Gasteiger partial charge in [-0.15, -0.1) is 0 Å². The highest BCUT2D eigenvalue weighted by molar-refractivity contribution is 5.67. The van der Waals surface area contributed by atoms with Crippen LogP contribution >= 0.6 is 0 Å². The Kier molecular flexibility index (Phi) is 5.37. The SMILES string of the molecule is CCOc1ccccc1Nc1cc(Nc2cc(C)cc(C)c2)nc(C)n1. The lowest BCUT2D eigenvalue weighted by Gasteiger charge is -2.13. The number of hydrogen-bond acceptors (Lipinski definition) is 5. The monoisotopic (exact) mass is 348 g/mol. The number of aromatic nitrogens is 2. The number of anilines is 4. The van der Waals surface area contributed by atoms with Crippen LogP contribution in [-0.4, -0.2) is 16.6 Å². The van der Waals surface area contributed by atoms with Crippen molar-refractivity contribution in [2.45, 2.75) is 27.7 Å². The molecule has 0 spiro atoms. The molecule has 0 atom stereocenters. The van der Waals surface area contributed by atoms with Crippen molar-refractivity contribution in [2.24, 2.45) is 0 Å². The zero-order valence-corrected chi connectivity index (χ0v) is 15.6. The van der Waals surface area contributed by atoms with E-state index in [1.165, 1.54) is 11.1 Å². The van der Waals surface area contributed by atoms with Crippen LogP contribution < -0.4 is 15.4 Å². The molecule has 3 aromatic rings. The van der Waals surface area contributed by atoms with Gasteiger partial charge in [0, 0.05) is 11.8 Å². The molecule has 2 N–H and O–H groups in total. The average molecular weight is 348 g/mol. The summed E-state index contributed by atoms with van der Waals surface area (Å²) in [5.41, 5.74) is 4.32. The third kappa shape index (κ3) is 4.51. The first-order chi connectivity index (χ1) is 12.5. The first-order valence-electron chi connectivity index (χ1n) is 8.73. The maximum absolute atomic E-state index is 5.67. The minimum absolute atomic E-state index is 0.612. The molecule has 3 rings (SSSR count). The minimum atomic E-state index is 0.612. The molecule has 0 aliphatic heterocycles. The molecule has 0 saturated heterocycles. The van der Waals surface area contributed by atoms with Crippen molar-refractivity contribution in [3.05, 3.63) is 65.5 Å². The summed E-state index contributed by atoms with van der Waals surface area (Å²) in [7, 11) is 0. The van der Waals surface area contributed by atoms with Gasteiger partial charge in [0.25, 0.3) is 0 Å². The van der Waals surface area contributed by atoms with Gasteiger partial charge in [-0.2, -0.15) is 0 Å². The lowest BCUT2D eigenvalue weighted by molar-refractivity contribution is 0.342. The fraction of sp³-hybridized carbons (Fsp3) is 0.238. The number of hydrogen-bond donors (Lipinski definition) is 2. The molecule has 1 aromatic heterocycles. The van der Waals surface area contributed by atoms with Crippen LogP contribution in [0.5, 0.6) is 5.75 Å². The van der Waals surface area contributed by atoms with Gasteiger partial charge >= 0.3 is 0 Å². The number of benzene rings is 2. The van der Waals surface area contributed by atoms with E-state index in [4.69, 9.17) is 4.74 Å². The predicted octanol–water partition coefficient (Wildman–Crippen LogP) is 5.29. The fourth-order valence-corrected chi connectivity index (χ4v) is 2.88. The Morgan fingerprint density at radius 1 is 0.846 bits per heavy atom. The second-order valence-electron chi connectivity index (χ2n) is 6.24. The lowest BCUT2D eigenvalue weighted by Crippen LogP contribution is -2.03. The number of nitrogens with one attached hydrogen (secondary N) is 2. The molecule has 0 aliphatic carbocycles. The van der Waals surface area contributed by atoms with Crippen LogP contribution in [0.4, 0.5) is 23.0 Å². The molecular formula is C21H24N4O. The zero-order valence-electron chi connectivity index (χ0n) is 15.6. The molecule has 1 heterocycles. The summed E-state index contributed by atoms with van der Waals surface area (Å²) in [6.45, 7) is 8.63. The van der Waals surface area contributed by atoms with Crippen molar-refractivity contribution in [1.29, 1.82) is 0 Å². The molecule has 0 bridgehead atoms. The van der Waals surface area contributed by atoms with E-state index in [-0.39, 0.29) is 0 Å². The van der Waals surface area contributed by atoms with Crippen molar-refractivity contribution in [3.8, 4) is 5.75 Å². The van der Waals surface area contributed by atoms with E-state index in [0.29, 0.717) is 12.4 Å². The van der Waals surface area contributed by atoms with Crippen LogP contribution in [0.1, 0.15) is 23.9 Å². The Morgan fingerprint density at radius 2 is 1.50 bits per heavy atom. The van der Waals surface area contributed by atoms with Crippen molar-refractivity contribution >= 4 is 23.0 Å². The molecule has 0 fully saturated rings. The van der Waals surface area contributed by atoms with E-state index in [9.17, 15) is 0 Å². The van der Waals surface area contributed by atoms with Gasteiger partial charge in [-0.3, -0.25) is 0 Å². The summed E-state index contributed by atoms with van der Waals surface area (Å²) in [5, 5.41) is 6.70. The van der Waals surface area contributed by atoms with E-state index < -0.39 is 0 Å². The van der Waals surface area contributed by atoms with Crippen LogP contribution in [-0.2, 0) is 0 Å². The van der Waals surface area contributed by atoms with Crippen LogP contribution in [0.25, 0.3) is 0 Å². The van der Waals surface area contributed by atoms with Crippen LogP contribution in [0.2, 0.25) is 0 Å². The number of aryl methyl sites for hydroxylation is 3. The van der Waals surface area contributed by atoms with E-state index in [2.05, 4.69) is 52.6 Å². The first-order valence-corrected chi connectivity index (χ1v) is 8.73. The lowest BCUT2D eigenvalue weighted by atomic mass is 10.1. The normalized spacial score (nSPS) is 10.5. The largest absolute Gasteiger partial charge is 0.492 e. The summed E-state index contributed by atoms with van der Waals surface area (Å²) in [6, 6.07) is 16.1. The molecular weight excluding hydrogens is 324 g/mol. The standard InChI is InChI=1S/C21H24N4O/c1-5-26-19-9-7-6-8-18(19)25-21-13-20(22-16(4)23-21)24-17-11-14(2)10-15(3)12-17/h6-13H,5H2,1-4H3,(H2,22,23,24,25). The first kappa shape index (κ1) is 17.7. The van der Waals surface area contributed by atoms with Gasteiger partial charge in [0.05, 0.1) is 12.3 Å². The van der Waals surface area contributed by atoms with E-state index >= 15 is 0 Å². The maximum atomic E-state index is 5.67. The Bertz CT molecular complexity index is 888. The number of rotatable bonds is 6. The van der Waals surface area contributed by atoms with Crippen LogP contribution in [0, 0.1) is 20.8 Å². The Hall–Kier alpha value is -3.08. The number of ether oxygens (including phenoxy) is 1. The molecule has 0 unspecified atom stereocenters. The van der Waals surface area contributed by atoms with Crippen LogP contribution in [0.3, 0.4) is 0 Å². The minimum Gasteiger partial charge on any atom is -0.492 e. The highest BCUT2D eigenvalue weighted by atomic mass is 16.5. The van der Waals surface area contributed by atoms with Gasteiger partial charge in [0.1, 0.15) is 23.2 Å². The highest BCUT2D eigenvalue weighted by Crippen LogP contribution is 2.28. The third-order valence-corrected chi connectivity index (χ3v) is 3.78. The molecule has 0 radical (unpaired) electrons. The Morgan fingerprint density at radius 3 is 2.19 bits per heavy atom. The van der Waals surface area contributed by atoms with Crippen LogP contribution in [0.15, 0.2) is 48.5 Å². The van der Waals surface area contributed by atoms with E-state index in [0.717, 1.165) is 28.8 Å². The predicted molar refractivity (Wildman–Crippen MR) is 107 cm³/mol. The molecule has 0 aliphatic rings. The van der Waals surface area contributed by atoms with Gasteiger partial charge in [-0.25, -0.2) is 9.97 Å². The molecule has 5 nitrogen and oxygen atoms in total. The zero-order chi connectivity index (χ0) is 18.5. The summed E-state index contributed by atoms with van der Waals surface area (Å²) in [6.07, 6.45) is 0. The smallest absolute Gasteiger partial charge is 0.142 e. The molecule has 0 amide bonds. The molecule has 2 aromatic carbocycles. The summed E-state index contributed by atoms with van der Waals surface area (Å²) in [4.78, 5) is 8.98. The van der Waals surface area contributed by atoms with Gasteiger partial charge < -0.3 is 15.4 Å². The van der Waals surface area contributed by atoms with Crippen molar-refractivity contribution in [2.75, 3.05) is 17.2 Å². The van der Waals surface area contributed by atoms with Crippen molar-refractivity contribution in [1.82, 2.24) is 9.97 Å². The molecule has 134 valence electrons. The van der Waals surface area contributed by atoms with Crippen molar-refractivity contribution in [3.63, 3.8) is 0 Å². The van der Waals surface area contributed by atoms with Crippen molar-refractivity contribution < 1.29 is 4.74 Å². The molecule has 5 heteroatoms. The average Bonchev–Trinajstić information content (AvgIpc) is 2.55. The second-order valence-corrected chi connectivity index (χ2v) is 6.24. The third-order valence-electron chi connectivity index (χ3n) is 3.78. The molecule has 26 heavy (non-hydrogen) atoms. The summed E-state index contributed by atoms with van der Waals surface area (Å²) < 4.78 is 5.67. The quantitative estimate of drug-likeness (QED) is 0.634. The van der Waals surface area contributed by atoms with Gasteiger partial charge in [-0.1, -0.05) is 18.2 Å². The highest BCUT2D eigenvalue weighted by Gasteiger charge is 2.07. The fourth-order valence-electron chi connectivity index (χ4n) is 2.88. The second kappa shape index (κ2) is 7.87. The summed E-state index contributed by atoms with van der Waals surface area (Å²) in [5.74, 6) is 2.96. The van der Waals surface area contributed by atoms with Gasteiger partial charge in [0.2, 0.25) is 0 Å². The topological polar surface area (TPSA) is 59.1 Å². The van der Waals surface area contributed by atoms with Gasteiger partial charge in [-0.05, 0) is 63.1 Å². The summed E-state index contributed by atoms with van der Waals surface area (Å²) >= 11 is 0. The Labute approximate surface area is 154 Å². The van der Waals surface area contributed by atoms with E-state index in [1.807, 2.05) is 44.2 Å². The maximum Gasteiger partial charge on any atom is 0.142 e. The number of nitrogens with zero attached hydrogens (tertiary/aromatic N) is 2. The Balaban J connectivity index is 1.86. The molecule has 0 saturated carbocycles. The van der Waals surface area contributed by atoms with Gasteiger partial charge in [0.15, 0.2) is 0 Å². The van der Waals surface area contributed by atoms with E-state index in [1.54, 1.807) is 0 Å². The number of para-hydroxylation sites is 2.